The minimum Gasteiger partial charge on any atom is -0.494 e. The maximum atomic E-state index is 8.74. The van der Waals surface area contributed by atoms with Crippen molar-refractivity contribution in [2.45, 2.75) is 19.9 Å². The third-order valence-electron chi connectivity index (χ3n) is 2.91. The lowest BCUT2D eigenvalue weighted by Gasteiger charge is -2.08. The summed E-state index contributed by atoms with van der Waals surface area (Å²) in [5.41, 5.74) is 2.88. The van der Waals surface area contributed by atoms with Crippen molar-refractivity contribution < 1.29 is 4.74 Å². The predicted molar refractivity (Wildman–Crippen MR) is 80.7 cm³/mol. The standard InChI is InChI=1S/C17H18N2O/c1-2-11-20-17-9-5-15(6-10-17)13-19-16-7-3-14(12-18)4-8-16/h3-10,19H,2,11,13H2,1H3. The first-order chi connectivity index (χ1) is 9.81. The van der Waals surface area contributed by atoms with E-state index >= 15 is 0 Å². The fourth-order valence-electron chi connectivity index (χ4n) is 1.79. The molecule has 2 aromatic rings. The lowest BCUT2D eigenvalue weighted by Crippen LogP contribution is -2.00. The van der Waals surface area contributed by atoms with Gasteiger partial charge in [0.05, 0.1) is 18.2 Å². The second-order valence-electron chi connectivity index (χ2n) is 4.54. The molecule has 0 saturated carbocycles. The lowest BCUT2D eigenvalue weighted by molar-refractivity contribution is 0.317. The fraction of sp³-hybridized carbons (Fsp3) is 0.235. The molecule has 0 aromatic heterocycles. The van der Waals surface area contributed by atoms with Crippen molar-refractivity contribution in [3.63, 3.8) is 0 Å². The second kappa shape index (κ2) is 7.20. The molecule has 0 unspecified atom stereocenters. The molecule has 0 aliphatic heterocycles. The van der Waals surface area contributed by atoms with E-state index < -0.39 is 0 Å². The molecular weight excluding hydrogens is 248 g/mol. The van der Waals surface area contributed by atoms with E-state index in [1.54, 1.807) is 0 Å². The summed E-state index contributed by atoms with van der Waals surface area (Å²) in [7, 11) is 0. The lowest BCUT2D eigenvalue weighted by atomic mass is 10.2. The minimum absolute atomic E-state index is 0.674. The van der Waals surface area contributed by atoms with Gasteiger partial charge in [-0.1, -0.05) is 19.1 Å². The Kier molecular flexibility index (Phi) is 5.02. The van der Waals surface area contributed by atoms with Gasteiger partial charge in [0.25, 0.3) is 0 Å². The summed E-state index contributed by atoms with van der Waals surface area (Å²) in [6, 6.07) is 17.7. The van der Waals surface area contributed by atoms with Crippen molar-refractivity contribution >= 4 is 5.69 Å². The van der Waals surface area contributed by atoms with Crippen LogP contribution in [0, 0.1) is 11.3 Å². The highest BCUT2D eigenvalue weighted by Crippen LogP contribution is 2.14. The van der Waals surface area contributed by atoms with Gasteiger partial charge in [-0.3, -0.25) is 0 Å². The van der Waals surface area contributed by atoms with E-state index in [9.17, 15) is 0 Å². The highest BCUT2D eigenvalue weighted by molar-refractivity contribution is 5.47. The molecule has 0 aliphatic rings. The van der Waals surface area contributed by atoms with E-state index in [1.165, 1.54) is 5.56 Å². The average molecular weight is 266 g/mol. The molecule has 0 bridgehead atoms. The van der Waals surface area contributed by atoms with Crippen molar-refractivity contribution in [3.05, 3.63) is 59.7 Å². The number of rotatable bonds is 6. The van der Waals surface area contributed by atoms with Crippen LogP contribution in [0.2, 0.25) is 0 Å². The molecule has 102 valence electrons. The van der Waals surface area contributed by atoms with E-state index in [0.29, 0.717) is 5.56 Å². The van der Waals surface area contributed by atoms with Gasteiger partial charge >= 0.3 is 0 Å². The predicted octanol–water partition coefficient (Wildman–Crippen LogP) is 3.96. The third kappa shape index (κ3) is 4.03. The Morgan fingerprint density at radius 3 is 2.35 bits per heavy atom. The highest BCUT2D eigenvalue weighted by Gasteiger charge is 1.97. The number of nitriles is 1. The molecule has 0 spiro atoms. The number of anilines is 1. The van der Waals surface area contributed by atoms with Gasteiger partial charge in [-0.05, 0) is 48.4 Å². The maximum Gasteiger partial charge on any atom is 0.119 e. The molecule has 0 atom stereocenters. The Labute approximate surface area is 119 Å². The maximum absolute atomic E-state index is 8.74. The van der Waals surface area contributed by atoms with Crippen LogP contribution in [-0.2, 0) is 6.54 Å². The van der Waals surface area contributed by atoms with E-state index in [1.807, 2.05) is 36.4 Å². The fourth-order valence-corrected chi connectivity index (χ4v) is 1.79. The van der Waals surface area contributed by atoms with Gasteiger partial charge in [0.2, 0.25) is 0 Å². The molecule has 3 nitrogen and oxygen atoms in total. The SMILES string of the molecule is CCCOc1ccc(CNc2ccc(C#N)cc2)cc1. The number of benzene rings is 2. The molecular formula is C17H18N2O. The van der Waals surface area contributed by atoms with Crippen LogP contribution in [0.5, 0.6) is 5.75 Å². The average Bonchev–Trinajstić information content (AvgIpc) is 2.52. The Balaban J connectivity index is 1.88. The Morgan fingerprint density at radius 1 is 1.05 bits per heavy atom. The first-order valence-electron chi connectivity index (χ1n) is 6.77. The molecule has 1 N–H and O–H groups in total. The first kappa shape index (κ1) is 14.0. The summed E-state index contributed by atoms with van der Waals surface area (Å²) in [6.07, 6.45) is 1.02. The van der Waals surface area contributed by atoms with Gasteiger partial charge in [0, 0.05) is 12.2 Å². The van der Waals surface area contributed by atoms with Gasteiger partial charge in [-0.2, -0.15) is 5.26 Å². The summed E-state index contributed by atoms with van der Waals surface area (Å²) in [4.78, 5) is 0. The van der Waals surface area contributed by atoms with Crippen molar-refractivity contribution in [3.8, 4) is 11.8 Å². The zero-order valence-electron chi connectivity index (χ0n) is 11.6. The monoisotopic (exact) mass is 266 g/mol. The van der Waals surface area contributed by atoms with Crippen LogP contribution in [0.25, 0.3) is 0 Å². The zero-order valence-corrected chi connectivity index (χ0v) is 11.6. The van der Waals surface area contributed by atoms with Crippen LogP contribution in [0.15, 0.2) is 48.5 Å². The van der Waals surface area contributed by atoms with E-state index in [4.69, 9.17) is 10.00 Å². The zero-order chi connectivity index (χ0) is 14.2. The van der Waals surface area contributed by atoms with E-state index in [-0.39, 0.29) is 0 Å². The quantitative estimate of drug-likeness (QED) is 0.860. The molecule has 0 fully saturated rings. The number of hydrogen-bond acceptors (Lipinski definition) is 3. The van der Waals surface area contributed by atoms with Gasteiger partial charge < -0.3 is 10.1 Å². The van der Waals surface area contributed by atoms with Gasteiger partial charge in [-0.25, -0.2) is 0 Å². The van der Waals surface area contributed by atoms with Crippen molar-refractivity contribution in [2.75, 3.05) is 11.9 Å². The molecule has 20 heavy (non-hydrogen) atoms. The largest absolute Gasteiger partial charge is 0.494 e. The minimum atomic E-state index is 0.674. The Morgan fingerprint density at radius 2 is 1.75 bits per heavy atom. The van der Waals surface area contributed by atoms with Crippen molar-refractivity contribution in [1.29, 1.82) is 5.26 Å². The molecule has 3 heteroatoms. The molecule has 0 radical (unpaired) electrons. The smallest absolute Gasteiger partial charge is 0.119 e. The molecule has 0 saturated heterocycles. The number of nitrogens with zero attached hydrogens (tertiary/aromatic N) is 1. The highest BCUT2D eigenvalue weighted by atomic mass is 16.5. The van der Waals surface area contributed by atoms with Gasteiger partial charge in [-0.15, -0.1) is 0 Å². The third-order valence-corrected chi connectivity index (χ3v) is 2.91. The second-order valence-corrected chi connectivity index (χ2v) is 4.54. The summed E-state index contributed by atoms with van der Waals surface area (Å²) in [5.74, 6) is 0.911. The number of ether oxygens (including phenoxy) is 1. The molecule has 2 rings (SSSR count). The Hall–Kier alpha value is -2.47. The van der Waals surface area contributed by atoms with Crippen LogP contribution >= 0.6 is 0 Å². The van der Waals surface area contributed by atoms with Crippen LogP contribution in [0.4, 0.5) is 5.69 Å². The summed E-state index contributed by atoms with van der Waals surface area (Å²) in [6.45, 7) is 3.60. The van der Waals surface area contributed by atoms with Gasteiger partial charge in [0.1, 0.15) is 5.75 Å². The molecule has 0 heterocycles. The topological polar surface area (TPSA) is 45.0 Å². The Bertz CT molecular complexity index is 567. The van der Waals surface area contributed by atoms with Crippen LogP contribution < -0.4 is 10.1 Å². The van der Waals surface area contributed by atoms with Crippen molar-refractivity contribution in [2.24, 2.45) is 0 Å². The summed E-state index contributed by atoms with van der Waals surface area (Å²) < 4.78 is 5.55. The first-order valence-corrected chi connectivity index (χ1v) is 6.77. The summed E-state index contributed by atoms with van der Waals surface area (Å²) >= 11 is 0. The van der Waals surface area contributed by atoms with Crippen LogP contribution in [-0.4, -0.2) is 6.61 Å². The normalized spacial score (nSPS) is 9.80. The molecule has 0 aliphatic carbocycles. The van der Waals surface area contributed by atoms with Crippen LogP contribution in [0.1, 0.15) is 24.5 Å². The van der Waals surface area contributed by atoms with Crippen molar-refractivity contribution in [1.82, 2.24) is 0 Å². The van der Waals surface area contributed by atoms with Gasteiger partial charge in [0.15, 0.2) is 0 Å². The molecule has 0 amide bonds. The van der Waals surface area contributed by atoms with E-state index in [2.05, 4.69) is 30.4 Å². The summed E-state index contributed by atoms with van der Waals surface area (Å²) in [5, 5.41) is 12.1. The van der Waals surface area contributed by atoms with Crippen LogP contribution in [0.3, 0.4) is 0 Å². The van der Waals surface area contributed by atoms with E-state index in [0.717, 1.165) is 31.0 Å². The number of hydrogen-bond donors (Lipinski definition) is 1. The molecule has 2 aromatic carbocycles. The number of nitrogens with one attached hydrogen (secondary N) is 1.